The van der Waals surface area contributed by atoms with Gasteiger partial charge in [-0.3, -0.25) is 4.68 Å². The summed E-state index contributed by atoms with van der Waals surface area (Å²) in [5, 5.41) is 7.48. The number of nitrogen functional groups attached to an aromatic ring is 1. The molecule has 2 heterocycles. The molecule has 5 heteroatoms. The summed E-state index contributed by atoms with van der Waals surface area (Å²) in [6.45, 7) is 2.70. The van der Waals surface area contributed by atoms with E-state index in [-0.39, 0.29) is 0 Å². The first-order valence-electron chi connectivity index (χ1n) is 6.01. The third-order valence-corrected chi connectivity index (χ3v) is 3.82. The number of hydrogen-bond donors (Lipinski definition) is 1. The Labute approximate surface area is 115 Å². The van der Waals surface area contributed by atoms with Crippen molar-refractivity contribution in [3.8, 4) is 11.1 Å². The highest BCUT2D eigenvalue weighted by molar-refractivity contribution is 7.09. The molecule has 0 bridgehead atoms. The summed E-state index contributed by atoms with van der Waals surface area (Å²) in [6, 6.07) is 7.82. The summed E-state index contributed by atoms with van der Waals surface area (Å²) in [5.41, 5.74) is 9.85. The van der Waals surface area contributed by atoms with Crippen LogP contribution in [0, 0.1) is 6.92 Å². The minimum atomic E-state index is 0.700. The van der Waals surface area contributed by atoms with Crippen LogP contribution in [-0.2, 0) is 6.54 Å². The zero-order valence-corrected chi connectivity index (χ0v) is 11.4. The van der Waals surface area contributed by atoms with E-state index in [1.807, 2.05) is 48.3 Å². The highest BCUT2D eigenvalue weighted by atomic mass is 32.1. The third-order valence-electron chi connectivity index (χ3n) is 2.87. The SMILES string of the molecule is Cc1csc(Cn2cc(-c3ccccc3N)cn2)n1. The third kappa shape index (κ3) is 2.51. The Hall–Kier alpha value is -2.14. The number of para-hydroxylation sites is 1. The zero-order chi connectivity index (χ0) is 13.2. The average Bonchev–Trinajstić information content (AvgIpc) is 3.00. The highest BCUT2D eigenvalue weighted by Gasteiger charge is 2.06. The van der Waals surface area contributed by atoms with Crippen LogP contribution < -0.4 is 5.73 Å². The molecule has 0 fully saturated rings. The van der Waals surface area contributed by atoms with Crippen LogP contribution in [0.15, 0.2) is 42.0 Å². The molecule has 96 valence electrons. The molecular formula is C14H14N4S. The van der Waals surface area contributed by atoms with Gasteiger partial charge in [0.2, 0.25) is 0 Å². The summed E-state index contributed by atoms with van der Waals surface area (Å²) >= 11 is 1.66. The number of nitrogens with zero attached hydrogens (tertiary/aromatic N) is 3. The second-order valence-electron chi connectivity index (χ2n) is 4.40. The van der Waals surface area contributed by atoms with Gasteiger partial charge >= 0.3 is 0 Å². The Morgan fingerprint density at radius 2 is 2.16 bits per heavy atom. The van der Waals surface area contributed by atoms with Gasteiger partial charge in [0.15, 0.2) is 0 Å². The Morgan fingerprint density at radius 3 is 2.89 bits per heavy atom. The first kappa shape index (κ1) is 11.9. The van der Waals surface area contributed by atoms with E-state index in [1.54, 1.807) is 11.3 Å². The Balaban J connectivity index is 1.86. The molecule has 0 saturated heterocycles. The van der Waals surface area contributed by atoms with Gasteiger partial charge in [-0.25, -0.2) is 4.98 Å². The number of aromatic nitrogens is 3. The topological polar surface area (TPSA) is 56.7 Å². The summed E-state index contributed by atoms with van der Waals surface area (Å²) < 4.78 is 1.89. The molecule has 4 nitrogen and oxygen atoms in total. The smallest absolute Gasteiger partial charge is 0.114 e. The number of anilines is 1. The molecule has 2 aromatic heterocycles. The van der Waals surface area contributed by atoms with Crippen molar-refractivity contribution in [3.63, 3.8) is 0 Å². The maximum absolute atomic E-state index is 5.97. The van der Waals surface area contributed by atoms with E-state index in [2.05, 4.69) is 15.5 Å². The number of nitrogens with two attached hydrogens (primary N) is 1. The van der Waals surface area contributed by atoms with E-state index < -0.39 is 0 Å². The van der Waals surface area contributed by atoms with Crippen molar-refractivity contribution < 1.29 is 0 Å². The van der Waals surface area contributed by atoms with Gasteiger partial charge in [0, 0.05) is 34.1 Å². The molecule has 0 aliphatic heterocycles. The van der Waals surface area contributed by atoms with Gasteiger partial charge < -0.3 is 5.73 Å². The van der Waals surface area contributed by atoms with Crippen LogP contribution in [0.2, 0.25) is 0 Å². The molecule has 19 heavy (non-hydrogen) atoms. The number of thiazole rings is 1. The van der Waals surface area contributed by atoms with E-state index in [9.17, 15) is 0 Å². The average molecular weight is 270 g/mol. The molecule has 0 aliphatic carbocycles. The molecular weight excluding hydrogens is 256 g/mol. The lowest BCUT2D eigenvalue weighted by Crippen LogP contribution is -1.99. The molecule has 1 aromatic carbocycles. The molecule has 2 N–H and O–H groups in total. The number of rotatable bonds is 3. The second kappa shape index (κ2) is 4.85. The molecule has 0 amide bonds. The minimum absolute atomic E-state index is 0.700. The molecule has 0 atom stereocenters. The Kier molecular flexibility index (Phi) is 3.05. The number of hydrogen-bond acceptors (Lipinski definition) is 4. The minimum Gasteiger partial charge on any atom is -0.398 e. The van der Waals surface area contributed by atoms with Gasteiger partial charge in [0.05, 0.1) is 12.7 Å². The summed E-state index contributed by atoms with van der Waals surface area (Å²) in [7, 11) is 0. The van der Waals surface area contributed by atoms with Gasteiger partial charge in [-0.1, -0.05) is 18.2 Å². The van der Waals surface area contributed by atoms with Crippen LogP contribution in [-0.4, -0.2) is 14.8 Å². The van der Waals surface area contributed by atoms with Crippen LogP contribution in [0.1, 0.15) is 10.7 Å². The van der Waals surface area contributed by atoms with Crippen molar-refractivity contribution in [3.05, 3.63) is 52.7 Å². The fourth-order valence-electron chi connectivity index (χ4n) is 1.96. The van der Waals surface area contributed by atoms with Gasteiger partial charge in [-0.2, -0.15) is 5.10 Å². The molecule has 0 saturated carbocycles. The van der Waals surface area contributed by atoms with Crippen LogP contribution in [0.4, 0.5) is 5.69 Å². The van der Waals surface area contributed by atoms with E-state index in [0.717, 1.165) is 27.5 Å². The summed E-state index contributed by atoms with van der Waals surface area (Å²) in [4.78, 5) is 4.44. The lowest BCUT2D eigenvalue weighted by atomic mass is 10.1. The van der Waals surface area contributed by atoms with Crippen molar-refractivity contribution in [2.75, 3.05) is 5.73 Å². The van der Waals surface area contributed by atoms with Gasteiger partial charge in [-0.15, -0.1) is 11.3 Å². The molecule has 0 unspecified atom stereocenters. The fourth-order valence-corrected chi connectivity index (χ4v) is 2.73. The normalized spacial score (nSPS) is 10.8. The van der Waals surface area contributed by atoms with Gasteiger partial charge in [-0.05, 0) is 13.0 Å². The van der Waals surface area contributed by atoms with E-state index in [1.165, 1.54) is 0 Å². The van der Waals surface area contributed by atoms with Crippen LogP contribution in [0.25, 0.3) is 11.1 Å². The monoisotopic (exact) mass is 270 g/mol. The van der Waals surface area contributed by atoms with Crippen LogP contribution in [0.5, 0.6) is 0 Å². The van der Waals surface area contributed by atoms with E-state index in [4.69, 9.17) is 5.73 Å². The Bertz CT molecular complexity index is 699. The second-order valence-corrected chi connectivity index (χ2v) is 5.34. The van der Waals surface area contributed by atoms with Crippen LogP contribution >= 0.6 is 11.3 Å². The lowest BCUT2D eigenvalue weighted by Gasteiger charge is -2.01. The van der Waals surface area contributed by atoms with Crippen molar-refractivity contribution in [1.82, 2.24) is 14.8 Å². The van der Waals surface area contributed by atoms with Gasteiger partial charge in [0.25, 0.3) is 0 Å². The quantitative estimate of drug-likeness (QED) is 0.744. The van der Waals surface area contributed by atoms with E-state index in [0.29, 0.717) is 6.54 Å². The van der Waals surface area contributed by atoms with Crippen molar-refractivity contribution in [1.29, 1.82) is 0 Å². The zero-order valence-electron chi connectivity index (χ0n) is 10.6. The largest absolute Gasteiger partial charge is 0.398 e. The molecule has 0 spiro atoms. The van der Waals surface area contributed by atoms with Crippen molar-refractivity contribution >= 4 is 17.0 Å². The summed E-state index contributed by atoms with van der Waals surface area (Å²) in [5.74, 6) is 0. The molecule has 3 rings (SSSR count). The standard InChI is InChI=1S/C14H14N4S/c1-10-9-19-14(17-10)8-18-7-11(6-16-18)12-4-2-3-5-13(12)15/h2-7,9H,8,15H2,1H3. The van der Waals surface area contributed by atoms with Crippen LogP contribution in [0.3, 0.4) is 0 Å². The maximum Gasteiger partial charge on any atom is 0.114 e. The van der Waals surface area contributed by atoms with Gasteiger partial charge in [0.1, 0.15) is 5.01 Å². The predicted octanol–water partition coefficient (Wildman–Crippen LogP) is 2.95. The predicted molar refractivity (Wildman–Crippen MR) is 78.0 cm³/mol. The molecule has 0 aliphatic rings. The van der Waals surface area contributed by atoms with Crippen molar-refractivity contribution in [2.45, 2.75) is 13.5 Å². The van der Waals surface area contributed by atoms with E-state index >= 15 is 0 Å². The first-order chi connectivity index (χ1) is 9.22. The molecule has 3 aromatic rings. The summed E-state index contributed by atoms with van der Waals surface area (Å²) in [6.07, 6.45) is 3.84. The first-order valence-corrected chi connectivity index (χ1v) is 6.88. The number of aryl methyl sites for hydroxylation is 1. The number of benzene rings is 1. The molecule has 0 radical (unpaired) electrons. The lowest BCUT2D eigenvalue weighted by molar-refractivity contribution is 0.682. The Morgan fingerprint density at radius 1 is 1.32 bits per heavy atom. The van der Waals surface area contributed by atoms with Crippen molar-refractivity contribution in [2.24, 2.45) is 0 Å². The maximum atomic E-state index is 5.97. The highest BCUT2D eigenvalue weighted by Crippen LogP contribution is 2.25. The fraction of sp³-hybridized carbons (Fsp3) is 0.143.